The fourth-order valence-electron chi connectivity index (χ4n) is 2.69. The van der Waals surface area contributed by atoms with E-state index in [2.05, 4.69) is 29.2 Å². The van der Waals surface area contributed by atoms with E-state index in [1.54, 1.807) is 12.3 Å². The molecule has 0 aliphatic heterocycles. The number of fused-ring (bicyclic) bond motifs is 1. The zero-order chi connectivity index (χ0) is 16.4. The molecule has 0 bridgehead atoms. The first kappa shape index (κ1) is 15.6. The van der Waals surface area contributed by atoms with E-state index < -0.39 is 0 Å². The summed E-state index contributed by atoms with van der Waals surface area (Å²) < 4.78 is 15.7. The van der Waals surface area contributed by atoms with Crippen molar-refractivity contribution in [1.29, 1.82) is 0 Å². The fourth-order valence-corrected chi connectivity index (χ4v) is 2.69. The van der Waals surface area contributed by atoms with E-state index in [-0.39, 0.29) is 17.9 Å². The maximum absolute atomic E-state index is 13.8. The number of nitrogens with one attached hydrogen (secondary N) is 1. The second kappa shape index (κ2) is 6.46. The number of benzene rings is 1. The number of halogens is 1. The van der Waals surface area contributed by atoms with Gasteiger partial charge in [0, 0.05) is 30.4 Å². The Kier molecular flexibility index (Phi) is 4.39. The van der Waals surface area contributed by atoms with Gasteiger partial charge in [0.15, 0.2) is 0 Å². The van der Waals surface area contributed by atoms with Crippen LogP contribution in [0.2, 0.25) is 0 Å². The molecule has 1 aromatic carbocycles. The van der Waals surface area contributed by atoms with E-state index in [0.717, 1.165) is 22.0 Å². The normalized spacial score (nSPS) is 14.1. The van der Waals surface area contributed by atoms with Crippen LogP contribution in [0.25, 0.3) is 10.9 Å². The molecular weight excluding hydrogens is 291 g/mol. The van der Waals surface area contributed by atoms with Crippen molar-refractivity contribution in [1.82, 2.24) is 20.1 Å². The van der Waals surface area contributed by atoms with Crippen molar-refractivity contribution in [2.45, 2.75) is 39.4 Å². The molecule has 0 saturated heterocycles. The first-order valence-corrected chi connectivity index (χ1v) is 7.82. The van der Waals surface area contributed by atoms with Crippen LogP contribution in [0.3, 0.4) is 0 Å². The minimum absolute atomic E-state index is 0.191. The van der Waals surface area contributed by atoms with Gasteiger partial charge in [0.1, 0.15) is 5.82 Å². The average molecular weight is 312 g/mol. The lowest BCUT2D eigenvalue weighted by molar-refractivity contribution is 0.365. The summed E-state index contributed by atoms with van der Waals surface area (Å²) >= 11 is 0. The number of nitrogens with zero attached hydrogens (tertiary/aromatic N) is 3. The summed E-state index contributed by atoms with van der Waals surface area (Å²) in [5.41, 5.74) is 2.86. The molecule has 5 heteroatoms. The van der Waals surface area contributed by atoms with Crippen molar-refractivity contribution in [3.63, 3.8) is 0 Å². The van der Waals surface area contributed by atoms with Crippen LogP contribution in [0.1, 0.15) is 31.0 Å². The number of hydrogen-bond acceptors (Lipinski definition) is 3. The number of hydrogen-bond donors (Lipinski definition) is 1. The van der Waals surface area contributed by atoms with Gasteiger partial charge in [-0.2, -0.15) is 5.10 Å². The van der Waals surface area contributed by atoms with E-state index in [0.29, 0.717) is 6.54 Å². The van der Waals surface area contributed by atoms with Crippen molar-refractivity contribution in [2.75, 3.05) is 0 Å². The summed E-state index contributed by atoms with van der Waals surface area (Å²) in [6.07, 6.45) is 5.62. The standard InChI is InChI=1S/C18H21FN4/c1-12-9-22-23(11-12)14(3)13(2)21-10-16-8-17(19)7-15-5-4-6-20-18(15)16/h4-9,11,13-14,21H,10H2,1-3H3/t13-,14+/m1/s1. The number of aromatic nitrogens is 3. The molecule has 0 spiro atoms. The lowest BCUT2D eigenvalue weighted by Gasteiger charge is -2.22. The molecule has 2 heterocycles. The van der Waals surface area contributed by atoms with Crippen molar-refractivity contribution >= 4 is 10.9 Å². The SMILES string of the molecule is Cc1cnn([C@@H](C)[C@@H](C)NCc2cc(F)cc3cccnc23)c1. The van der Waals surface area contributed by atoms with Gasteiger partial charge in [-0.25, -0.2) is 4.39 Å². The van der Waals surface area contributed by atoms with Gasteiger partial charge in [0.2, 0.25) is 0 Å². The van der Waals surface area contributed by atoms with Gasteiger partial charge < -0.3 is 5.32 Å². The highest BCUT2D eigenvalue weighted by molar-refractivity contribution is 5.81. The Bertz CT molecular complexity index is 812. The van der Waals surface area contributed by atoms with Crippen LogP contribution in [0, 0.1) is 12.7 Å². The molecule has 23 heavy (non-hydrogen) atoms. The molecule has 0 amide bonds. The molecule has 2 aromatic heterocycles. The highest BCUT2D eigenvalue weighted by Gasteiger charge is 2.15. The van der Waals surface area contributed by atoms with Gasteiger partial charge in [0.25, 0.3) is 0 Å². The Balaban J connectivity index is 1.75. The molecule has 0 radical (unpaired) electrons. The zero-order valence-electron chi connectivity index (χ0n) is 13.6. The first-order valence-electron chi connectivity index (χ1n) is 7.82. The lowest BCUT2D eigenvalue weighted by atomic mass is 10.1. The first-order chi connectivity index (χ1) is 11.0. The molecule has 3 aromatic rings. The third-order valence-corrected chi connectivity index (χ3v) is 4.23. The molecule has 3 rings (SSSR count). The van der Waals surface area contributed by atoms with Crippen LogP contribution in [-0.4, -0.2) is 20.8 Å². The number of rotatable bonds is 5. The molecule has 0 fully saturated rings. The Labute approximate surface area is 135 Å². The molecule has 2 atom stereocenters. The summed E-state index contributed by atoms with van der Waals surface area (Å²) in [6, 6.07) is 7.17. The highest BCUT2D eigenvalue weighted by Crippen LogP contribution is 2.19. The van der Waals surface area contributed by atoms with Crippen molar-refractivity contribution in [2.24, 2.45) is 0 Å². The van der Waals surface area contributed by atoms with Crippen LogP contribution in [-0.2, 0) is 6.54 Å². The van der Waals surface area contributed by atoms with E-state index >= 15 is 0 Å². The second-order valence-electron chi connectivity index (χ2n) is 6.05. The van der Waals surface area contributed by atoms with Crippen molar-refractivity contribution in [3.05, 3.63) is 59.8 Å². The molecule has 120 valence electrons. The smallest absolute Gasteiger partial charge is 0.124 e. The van der Waals surface area contributed by atoms with Gasteiger partial charge in [-0.3, -0.25) is 9.67 Å². The Morgan fingerprint density at radius 2 is 2.13 bits per heavy atom. The zero-order valence-corrected chi connectivity index (χ0v) is 13.6. The maximum atomic E-state index is 13.8. The summed E-state index contributed by atoms with van der Waals surface area (Å²) in [4.78, 5) is 4.38. The van der Waals surface area contributed by atoms with E-state index in [4.69, 9.17) is 0 Å². The minimum atomic E-state index is -0.231. The van der Waals surface area contributed by atoms with E-state index in [1.807, 2.05) is 36.1 Å². The molecule has 0 unspecified atom stereocenters. The van der Waals surface area contributed by atoms with Gasteiger partial charge in [0.05, 0.1) is 17.8 Å². The number of pyridine rings is 1. The van der Waals surface area contributed by atoms with Crippen LogP contribution in [0.4, 0.5) is 4.39 Å². The van der Waals surface area contributed by atoms with E-state index in [1.165, 1.54) is 6.07 Å². The van der Waals surface area contributed by atoms with Gasteiger partial charge in [-0.1, -0.05) is 6.07 Å². The monoisotopic (exact) mass is 312 g/mol. The molecule has 4 nitrogen and oxygen atoms in total. The Hall–Kier alpha value is -2.27. The summed E-state index contributed by atoms with van der Waals surface area (Å²) in [5.74, 6) is -0.231. The number of aryl methyl sites for hydroxylation is 1. The highest BCUT2D eigenvalue weighted by atomic mass is 19.1. The van der Waals surface area contributed by atoms with Gasteiger partial charge in [-0.15, -0.1) is 0 Å². The summed E-state index contributed by atoms with van der Waals surface area (Å²) in [7, 11) is 0. The predicted molar refractivity (Wildman–Crippen MR) is 89.7 cm³/mol. The van der Waals surface area contributed by atoms with Crippen molar-refractivity contribution < 1.29 is 4.39 Å². The lowest BCUT2D eigenvalue weighted by Crippen LogP contribution is -2.33. The summed E-state index contributed by atoms with van der Waals surface area (Å²) in [5, 5.41) is 8.64. The molecule has 0 aliphatic rings. The Morgan fingerprint density at radius 1 is 1.30 bits per heavy atom. The van der Waals surface area contributed by atoms with Gasteiger partial charge >= 0.3 is 0 Å². The van der Waals surface area contributed by atoms with Crippen molar-refractivity contribution in [3.8, 4) is 0 Å². The fraction of sp³-hybridized carbons (Fsp3) is 0.333. The molecule has 1 N–H and O–H groups in total. The molecular formula is C18H21FN4. The molecule has 0 saturated carbocycles. The molecule has 0 aliphatic carbocycles. The third-order valence-electron chi connectivity index (χ3n) is 4.23. The topological polar surface area (TPSA) is 42.7 Å². The van der Waals surface area contributed by atoms with Crippen LogP contribution >= 0.6 is 0 Å². The third kappa shape index (κ3) is 3.40. The average Bonchev–Trinajstić information content (AvgIpc) is 2.97. The van der Waals surface area contributed by atoms with Crippen LogP contribution in [0.15, 0.2) is 42.9 Å². The Morgan fingerprint density at radius 3 is 2.87 bits per heavy atom. The predicted octanol–water partition coefficient (Wildman–Crippen LogP) is 3.62. The maximum Gasteiger partial charge on any atom is 0.124 e. The largest absolute Gasteiger partial charge is 0.308 e. The second-order valence-corrected chi connectivity index (χ2v) is 6.05. The minimum Gasteiger partial charge on any atom is -0.308 e. The van der Waals surface area contributed by atoms with E-state index in [9.17, 15) is 4.39 Å². The van der Waals surface area contributed by atoms with Crippen LogP contribution < -0.4 is 5.32 Å². The summed E-state index contributed by atoms with van der Waals surface area (Å²) in [6.45, 7) is 6.82. The van der Waals surface area contributed by atoms with Crippen LogP contribution in [0.5, 0.6) is 0 Å². The quantitative estimate of drug-likeness (QED) is 0.782. The van der Waals surface area contributed by atoms with Gasteiger partial charge in [-0.05, 0) is 50.1 Å².